The third-order valence-corrected chi connectivity index (χ3v) is 7.36. The second-order valence-electron chi connectivity index (χ2n) is 9.42. The van der Waals surface area contributed by atoms with Gasteiger partial charge in [0, 0.05) is 16.2 Å². The molecule has 0 bridgehead atoms. The summed E-state index contributed by atoms with van der Waals surface area (Å²) in [5.41, 5.74) is 4.64. The van der Waals surface area contributed by atoms with Crippen LogP contribution < -0.4 is 0 Å². The van der Waals surface area contributed by atoms with Crippen LogP contribution in [0.25, 0.3) is 66.0 Å². The van der Waals surface area contributed by atoms with Crippen LogP contribution in [0.3, 0.4) is 0 Å². The number of benzene rings is 6. The summed E-state index contributed by atoms with van der Waals surface area (Å²) in [6.07, 6.45) is 0. The van der Waals surface area contributed by atoms with Crippen molar-refractivity contribution >= 4 is 54.4 Å². The highest BCUT2D eigenvalue weighted by molar-refractivity contribution is 6.14. The van der Waals surface area contributed by atoms with E-state index in [0.29, 0.717) is 5.39 Å². The van der Waals surface area contributed by atoms with E-state index in [-0.39, 0.29) is 5.82 Å². The van der Waals surface area contributed by atoms with Crippen LogP contribution >= 0.6 is 0 Å². The summed E-state index contributed by atoms with van der Waals surface area (Å²) in [6, 6.07) is 40.6. The molecule has 0 aliphatic heterocycles. The van der Waals surface area contributed by atoms with Crippen molar-refractivity contribution in [2.24, 2.45) is 0 Å². The van der Waals surface area contributed by atoms with Crippen molar-refractivity contribution in [2.45, 2.75) is 0 Å². The molecule has 0 aliphatic rings. The lowest BCUT2D eigenvalue weighted by Crippen LogP contribution is -2.06. The summed E-state index contributed by atoms with van der Waals surface area (Å²) < 4.78 is 19.8. The van der Waals surface area contributed by atoms with Gasteiger partial charge < -0.3 is 0 Å². The molecule has 0 spiro atoms. The molecule has 4 heteroatoms. The molecule has 0 saturated heterocycles. The van der Waals surface area contributed by atoms with Gasteiger partial charge in [-0.15, -0.1) is 0 Å². The van der Waals surface area contributed by atoms with Gasteiger partial charge >= 0.3 is 0 Å². The van der Waals surface area contributed by atoms with Crippen LogP contribution in [-0.2, 0) is 0 Å². The number of rotatable bonds is 2. The van der Waals surface area contributed by atoms with E-state index in [9.17, 15) is 0 Å². The van der Waals surface area contributed by atoms with Gasteiger partial charge in [-0.1, -0.05) is 78.9 Å². The highest BCUT2D eigenvalue weighted by Gasteiger charge is 2.22. The number of fused-ring (bicyclic) bond motifs is 6. The quantitative estimate of drug-likeness (QED) is 0.244. The number of halogens is 1. The zero-order valence-electron chi connectivity index (χ0n) is 19.8. The van der Waals surface area contributed by atoms with Crippen molar-refractivity contribution < 1.29 is 4.39 Å². The molecule has 0 unspecified atom stereocenters. The first kappa shape index (κ1) is 20.3. The summed E-state index contributed by atoms with van der Waals surface area (Å²) >= 11 is 0. The highest BCUT2D eigenvalue weighted by atomic mass is 19.1. The topological polar surface area (TPSA) is 22.8 Å². The average Bonchev–Trinajstić information content (AvgIpc) is 3.47. The fraction of sp³-hybridized carbons (Fsp3) is 0. The molecule has 2 aromatic heterocycles. The van der Waals surface area contributed by atoms with Crippen molar-refractivity contribution in [1.29, 1.82) is 0 Å². The largest absolute Gasteiger partial charge is 0.279 e. The summed E-state index contributed by atoms with van der Waals surface area (Å²) in [5.74, 6) is 0.503. The number of para-hydroxylation sites is 2. The monoisotopic (exact) mass is 477 g/mol. The predicted octanol–water partition coefficient (Wildman–Crippen LogP) is 8.57. The Morgan fingerprint density at radius 3 is 2.08 bits per heavy atom. The lowest BCUT2D eigenvalue weighted by molar-refractivity contribution is 0.640. The second kappa shape index (κ2) is 7.52. The number of nitrogens with zero attached hydrogens (tertiary/aromatic N) is 3. The summed E-state index contributed by atoms with van der Waals surface area (Å²) in [4.78, 5) is 5.15. The Morgan fingerprint density at radius 1 is 0.514 bits per heavy atom. The van der Waals surface area contributed by atoms with E-state index in [2.05, 4.69) is 81.9 Å². The Balaban J connectivity index is 1.59. The summed E-state index contributed by atoms with van der Waals surface area (Å²) in [5, 5.41) is 5.96. The molecule has 0 fully saturated rings. The van der Waals surface area contributed by atoms with Gasteiger partial charge in [0.05, 0.1) is 27.8 Å². The smallest absolute Gasteiger partial charge is 0.220 e. The Labute approximate surface area is 211 Å². The molecular formula is C33H20FN3. The Kier molecular flexibility index (Phi) is 4.12. The van der Waals surface area contributed by atoms with Crippen LogP contribution in [0.15, 0.2) is 121 Å². The van der Waals surface area contributed by atoms with Crippen molar-refractivity contribution in [3.8, 4) is 11.6 Å². The molecule has 2 heterocycles. The highest BCUT2D eigenvalue weighted by Crippen LogP contribution is 2.38. The predicted molar refractivity (Wildman–Crippen MR) is 150 cm³/mol. The standard InChI is InChI=1S/C33H20FN3/c34-26-14-8-18-30-32(26)25-19-22-10-1-2-11-23(22)20-31(25)37(30)33-35-27-15-5-6-16-29(27)36(33)28-17-7-12-21-9-3-4-13-24(21)28/h1-20H. The molecule has 8 aromatic rings. The van der Waals surface area contributed by atoms with Crippen molar-refractivity contribution in [3.05, 3.63) is 127 Å². The van der Waals surface area contributed by atoms with Crippen LogP contribution in [0.4, 0.5) is 4.39 Å². The zero-order chi connectivity index (χ0) is 24.5. The number of hydrogen-bond donors (Lipinski definition) is 0. The Hall–Kier alpha value is -4.96. The van der Waals surface area contributed by atoms with E-state index in [0.717, 1.165) is 60.6 Å². The van der Waals surface area contributed by atoms with Crippen LogP contribution in [0.1, 0.15) is 0 Å². The lowest BCUT2D eigenvalue weighted by Gasteiger charge is -2.14. The maximum atomic E-state index is 15.4. The van der Waals surface area contributed by atoms with Gasteiger partial charge in [-0.3, -0.25) is 9.13 Å². The van der Waals surface area contributed by atoms with Crippen LogP contribution in [0.2, 0.25) is 0 Å². The first-order valence-corrected chi connectivity index (χ1v) is 12.4. The first-order valence-electron chi connectivity index (χ1n) is 12.4. The molecule has 0 amide bonds. The van der Waals surface area contributed by atoms with E-state index < -0.39 is 0 Å². The maximum absolute atomic E-state index is 15.4. The molecule has 37 heavy (non-hydrogen) atoms. The van der Waals surface area contributed by atoms with Gasteiger partial charge in [0.2, 0.25) is 5.95 Å². The normalized spacial score (nSPS) is 11.9. The minimum Gasteiger partial charge on any atom is -0.279 e. The molecule has 0 radical (unpaired) electrons. The van der Waals surface area contributed by atoms with E-state index in [4.69, 9.17) is 4.98 Å². The Morgan fingerprint density at radius 2 is 1.19 bits per heavy atom. The van der Waals surface area contributed by atoms with E-state index in [1.807, 2.05) is 36.4 Å². The van der Waals surface area contributed by atoms with Gasteiger partial charge in [0.1, 0.15) is 5.82 Å². The van der Waals surface area contributed by atoms with Gasteiger partial charge in [-0.25, -0.2) is 9.37 Å². The molecule has 6 aromatic carbocycles. The third kappa shape index (κ3) is 2.84. The molecule has 0 atom stereocenters. The van der Waals surface area contributed by atoms with Gasteiger partial charge in [-0.05, 0) is 58.6 Å². The van der Waals surface area contributed by atoms with Crippen LogP contribution in [0, 0.1) is 5.82 Å². The van der Waals surface area contributed by atoms with Crippen LogP contribution in [0.5, 0.6) is 0 Å². The van der Waals surface area contributed by atoms with E-state index in [1.54, 1.807) is 6.07 Å². The molecule has 0 saturated carbocycles. The zero-order valence-corrected chi connectivity index (χ0v) is 19.8. The van der Waals surface area contributed by atoms with E-state index >= 15 is 4.39 Å². The molecule has 174 valence electrons. The van der Waals surface area contributed by atoms with E-state index in [1.165, 1.54) is 6.07 Å². The minimum atomic E-state index is -0.232. The fourth-order valence-electron chi connectivity index (χ4n) is 5.73. The molecule has 0 aliphatic carbocycles. The number of imidazole rings is 1. The Bertz CT molecular complexity index is 2160. The van der Waals surface area contributed by atoms with Gasteiger partial charge in [0.15, 0.2) is 0 Å². The van der Waals surface area contributed by atoms with Crippen LogP contribution in [-0.4, -0.2) is 14.1 Å². The van der Waals surface area contributed by atoms with Crippen molar-refractivity contribution in [1.82, 2.24) is 14.1 Å². The lowest BCUT2D eigenvalue weighted by atomic mass is 10.1. The van der Waals surface area contributed by atoms with Crippen molar-refractivity contribution in [3.63, 3.8) is 0 Å². The molecule has 8 rings (SSSR count). The number of hydrogen-bond acceptors (Lipinski definition) is 1. The molecular weight excluding hydrogens is 457 g/mol. The van der Waals surface area contributed by atoms with Crippen molar-refractivity contribution in [2.75, 3.05) is 0 Å². The molecule has 3 nitrogen and oxygen atoms in total. The maximum Gasteiger partial charge on any atom is 0.220 e. The number of aromatic nitrogens is 3. The third-order valence-electron chi connectivity index (χ3n) is 7.36. The summed E-state index contributed by atoms with van der Waals surface area (Å²) in [6.45, 7) is 0. The first-order chi connectivity index (χ1) is 18.3. The second-order valence-corrected chi connectivity index (χ2v) is 9.42. The fourth-order valence-corrected chi connectivity index (χ4v) is 5.73. The molecule has 0 N–H and O–H groups in total. The average molecular weight is 478 g/mol. The van der Waals surface area contributed by atoms with Gasteiger partial charge in [-0.2, -0.15) is 0 Å². The summed E-state index contributed by atoms with van der Waals surface area (Å²) in [7, 11) is 0. The SMILES string of the molecule is Fc1cccc2c1c1cc3ccccc3cc1n2-c1nc2ccccc2n1-c1cccc2ccccc12. The van der Waals surface area contributed by atoms with Gasteiger partial charge in [0.25, 0.3) is 0 Å². The minimum absolute atomic E-state index is 0.232.